The van der Waals surface area contributed by atoms with E-state index in [9.17, 15) is 0 Å². The van der Waals surface area contributed by atoms with Gasteiger partial charge >= 0.3 is 0 Å². The fourth-order valence-electron chi connectivity index (χ4n) is 1.19. The minimum Gasteiger partial charge on any atom is -0.382 e. The summed E-state index contributed by atoms with van der Waals surface area (Å²) < 4.78 is 0. The first-order valence-electron chi connectivity index (χ1n) is 3.53. The van der Waals surface area contributed by atoms with Crippen LogP contribution in [-0.2, 0) is 0 Å². The van der Waals surface area contributed by atoms with Crippen molar-refractivity contribution >= 4 is 40.9 Å². The van der Waals surface area contributed by atoms with Crippen molar-refractivity contribution in [2.24, 2.45) is 0 Å². The molecule has 2 rings (SSSR count). The van der Waals surface area contributed by atoms with Gasteiger partial charge in [-0.3, -0.25) is 0 Å². The molecule has 2 nitrogen and oxygen atoms in total. The van der Waals surface area contributed by atoms with E-state index in [0.717, 1.165) is 13.1 Å². The molecule has 1 aliphatic rings. The van der Waals surface area contributed by atoms with Gasteiger partial charge in [-0.1, -0.05) is 12.1 Å². The van der Waals surface area contributed by atoms with Crippen molar-refractivity contribution in [2.45, 2.75) is 0 Å². The van der Waals surface area contributed by atoms with E-state index in [0.29, 0.717) is 0 Å². The van der Waals surface area contributed by atoms with Crippen LogP contribution in [0.15, 0.2) is 24.3 Å². The van der Waals surface area contributed by atoms with Gasteiger partial charge in [0.25, 0.3) is 0 Å². The van der Waals surface area contributed by atoms with Crippen molar-refractivity contribution in [3.63, 3.8) is 0 Å². The second kappa shape index (κ2) is 4.00. The molecule has 11 heavy (non-hydrogen) atoms. The molecular formula is C8H10N2Na. The molecule has 0 unspecified atom stereocenters. The molecule has 2 N–H and O–H groups in total. The topological polar surface area (TPSA) is 24.1 Å². The molecule has 53 valence electrons. The van der Waals surface area contributed by atoms with Gasteiger partial charge in [-0.05, 0) is 12.1 Å². The van der Waals surface area contributed by atoms with Crippen LogP contribution in [-0.4, -0.2) is 42.6 Å². The van der Waals surface area contributed by atoms with Crippen molar-refractivity contribution in [1.82, 2.24) is 0 Å². The molecule has 0 atom stereocenters. The van der Waals surface area contributed by atoms with E-state index in [1.807, 2.05) is 12.1 Å². The van der Waals surface area contributed by atoms with Crippen LogP contribution in [0.4, 0.5) is 11.4 Å². The van der Waals surface area contributed by atoms with Crippen molar-refractivity contribution in [1.29, 1.82) is 0 Å². The molecule has 0 saturated carbocycles. The van der Waals surface area contributed by atoms with Crippen LogP contribution in [0.25, 0.3) is 0 Å². The van der Waals surface area contributed by atoms with E-state index >= 15 is 0 Å². The van der Waals surface area contributed by atoms with Crippen LogP contribution >= 0.6 is 0 Å². The monoisotopic (exact) mass is 157 g/mol. The minimum absolute atomic E-state index is 0. The first-order chi connectivity index (χ1) is 4.97. The summed E-state index contributed by atoms with van der Waals surface area (Å²) in [6.45, 7) is 2.05. The number of hydrogen-bond donors (Lipinski definition) is 2. The number of rotatable bonds is 0. The standard InChI is InChI=1S/C8H10N2.Na/c1-2-4-8-7(3-1)9-5-6-10-8;/h1-4,9-10H,5-6H2;. The van der Waals surface area contributed by atoms with Gasteiger partial charge in [-0.15, -0.1) is 0 Å². The molecule has 0 aromatic heterocycles. The van der Waals surface area contributed by atoms with Gasteiger partial charge in [-0.25, -0.2) is 0 Å². The molecule has 3 heteroatoms. The molecule has 1 radical (unpaired) electrons. The third kappa shape index (κ3) is 1.89. The number of anilines is 2. The zero-order valence-electron chi connectivity index (χ0n) is 6.72. The first-order valence-corrected chi connectivity index (χ1v) is 3.53. The Kier molecular flexibility index (Phi) is 3.24. The van der Waals surface area contributed by atoms with Gasteiger partial charge in [0.15, 0.2) is 0 Å². The third-order valence-corrected chi connectivity index (χ3v) is 1.68. The predicted molar refractivity (Wildman–Crippen MR) is 49.2 cm³/mol. The van der Waals surface area contributed by atoms with Gasteiger partial charge in [-0.2, -0.15) is 0 Å². The quantitative estimate of drug-likeness (QED) is 0.552. The summed E-state index contributed by atoms with van der Waals surface area (Å²) in [5.41, 5.74) is 2.43. The molecule has 1 aromatic rings. The number of fused-ring (bicyclic) bond motifs is 1. The Morgan fingerprint density at radius 3 is 1.82 bits per heavy atom. The fraction of sp³-hybridized carbons (Fsp3) is 0.250. The maximum absolute atomic E-state index is 3.30. The summed E-state index contributed by atoms with van der Waals surface area (Å²) in [5.74, 6) is 0. The van der Waals surface area contributed by atoms with Gasteiger partial charge in [0, 0.05) is 42.6 Å². The van der Waals surface area contributed by atoms with Crippen LogP contribution in [0.2, 0.25) is 0 Å². The molecular weight excluding hydrogens is 147 g/mol. The Bertz CT molecular complexity index is 212. The van der Waals surface area contributed by atoms with E-state index in [1.165, 1.54) is 11.4 Å². The molecule has 0 fully saturated rings. The summed E-state index contributed by atoms with van der Waals surface area (Å²) >= 11 is 0. The summed E-state index contributed by atoms with van der Waals surface area (Å²) in [6.07, 6.45) is 0. The summed E-state index contributed by atoms with van der Waals surface area (Å²) in [5, 5.41) is 6.60. The van der Waals surface area contributed by atoms with E-state index in [2.05, 4.69) is 22.8 Å². The molecule has 0 aliphatic carbocycles. The molecule has 0 bridgehead atoms. The van der Waals surface area contributed by atoms with Crippen LogP contribution in [0, 0.1) is 0 Å². The number of benzene rings is 1. The van der Waals surface area contributed by atoms with Gasteiger partial charge in [0.05, 0.1) is 11.4 Å². The van der Waals surface area contributed by atoms with Gasteiger partial charge in [0.2, 0.25) is 0 Å². The maximum Gasteiger partial charge on any atom is 0.0576 e. The minimum atomic E-state index is 0. The fourth-order valence-corrected chi connectivity index (χ4v) is 1.19. The predicted octanol–water partition coefficient (Wildman–Crippen LogP) is 1.14. The van der Waals surface area contributed by atoms with Crippen molar-refractivity contribution in [3.8, 4) is 0 Å². The molecule has 0 amide bonds. The Morgan fingerprint density at radius 2 is 1.36 bits per heavy atom. The SMILES string of the molecule is [Na].c1ccc2c(c1)NCCN2. The normalized spacial score (nSPS) is 13.5. The van der Waals surface area contributed by atoms with Crippen molar-refractivity contribution in [3.05, 3.63) is 24.3 Å². The first kappa shape index (κ1) is 8.91. The number of hydrogen-bond acceptors (Lipinski definition) is 2. The van der Waals surface area contributed by atoms with Crippen molar-refractivity contribution in [2.75, 3.05) is 23.7 Å². The van der Waals surface area contributed by atoms with Crippen molar-refractivity contribution < 1.29 is 0 Å². The average molecular weight is 157 g/mol. The molecule has 1 aliphatic heterocycles. The van der Waals surface area contributed by atoms with E-state index in [-0.39, 0.29) is 29.6 Å². The van der Waals surface area contributed by atoms with Crippen LogP contribution in [0.5, 0.6) is 0 Å². The Morgan fingerprint density at radius 1 is 0.909 bits per heavy atom. The van der Waals surface area contributed by atoms with Crippen LogP contribution in [0.3, 0.4) is 0 Å². The summed E-state index contributed by atoms with van der Waals surface area (Å²) in [4.78, 5) is 0. The second-order valence-electron chi connectivity index (χ2n) is 2.40. The van der Waals surface area contributed by atoms with Crippen LogP contribution < -0.4 is 10.6 Å². The number of nitrogens with one attached hydrogen (secondary N) is 2. The third-order valence-electron chi connectivity index (χ3n) is 1.68. The molecule has 1 heterocycles. The zero-order valence-corrected chi connectivity index (χ0v) is 8.72. The van der Waals surface area contributed by atoms with Crippen LogP contribution in [0.1, 0.15) is 0 Å². The summed E-state index contributed by atoms with van der Waals surface area (Å²) in [7, 11) is 0. The van der Waals surface area contributed by atoms with Gasteiger partial charge < -0.3 is 10.6 Å². The Hall–Kier alpha value is -0.180. The largest absolute Gasteiger partial charge is 0.382 e. The second-order valence-corrected chi connectivity index (χ2v) is 2.40. The van der Waals surface area contributed by atoms with E-state index in [4.69, 9.17) is 0 Å². The Balaban J connectivity index is 0.000000605. The Labute approximate surface area is 88.7 Å². The molecule has 0 spiro atoms. The van der Waals surface area contributed by atoms with Gasteiger partial charge in [0.1, 0.15) is 0 Å². The molecule has 1 aromatic carbocycles. The van der Waals surface area contributed by atoms with E-state index < -0.39 is 0 Å². The average Bonchev–Trinajstić information content (AvgIpc) is 2.05. The summed E-state index contributed by atoms with van der Waals surface area (Å²) in [6, 6.07) is 8.25. The zero-order chi connectivity index (χ0) is 6.81. The maximum atomic E-state index is 3.30. The van der Waals surface area contributed by atoms with E-state index in [1.54, 1.807) is 0 Å². The number of para-hydroxylation sites is 2. The smallest absolute Gasteiger partial charge is 0.0576 e. The molecule has 0 saturated heterocycles.